The second-order valence-electron chi connectivity index (χ2n) is 5.01. The van der Waals surface area contributed by atoms with Gasteiger partial charge in [0.05, 0.1) is 11.3 Å². The van der Waals surface area contributed by atoms with Gasteiger partial charge in [0, 0.05) is 13.1 Å². The van der Waals surface area contributed by atoms with Crippen LogP contribution in [0, 0.1) is 0 Å². The van der Waals surface area contributed by atoms with E-state index in [0.717, 1.165) is 26.1 Å². The summed E-state index contributed by atoms with van der Waals surface area (Å²) >= 11 is 0. The predicted molar refractivity (Wildman–Crippen MR) is 86.5 cm³/mol. The zero-order valence-corrected chi connectivity index (χ0v) is 13.3. The lowest BCUT2D eigenvalue weighted by atomic mass is 10.1. The van der Waals surface area contributed by atoms with E-state index in [0.29, 0.717) is 13.1 Å². The molecule has 1 amide bonds. The van der Waals surface area contributed by atoms with Crippen LogP contribution in [0.1, 0.15) is 37.6 Å². The topological polar surface area (TPSA) is 69.8 Å². The summed E-state index contributed by atoms with van der Waals surface area (Å²) in [6, 6.07) is 4.88. The van der Waals surface area contributed by atoms with Gasteiger partial charge in [-0.2, -0.15) is 0 Å². The van der Waals surface area contributed by atoms with Gasteiger partial charge in [-0.25, -0.2) is 0 Å². The number of benzene rings is 1. The minimum absolute atomic E-state index is 0.121. The average Bonchev–Trinajstić information content (AvgIpc) is 2.50. The number of rotatable bonds is 8. The Hall–Kier alpha value is -1.75. The van der Waals surface area contributed by atoms with Crippen molar-refractivity contribution in [3.8, 4) is 5.75 Å². The second kappa shape index (κ2) is 8.52. The van der Waals surface area contributed by atoms with Gasteiger partial charge in [0.25, 0.3) is 5.91 Å². The minimum Gasteiger partial charge on any atom is -0.505 e. The highest BCUT2D eigenvalue weighted by molar-refractivity contribution is 5.98. The first kappa shape index (κ1) is 17.3. The number of anilines is 1. The van der Waals surface area contributed by atoms with E-state index in [1.54, 1.807) is 23.1 Å². The number of aromatic hydroxyl groups is 1. The van der Waals surface area contributed by atoms with Crippen LogP contribution in [-0.2, 0) is 0 Å². The van der Waals surface area contributed by atoms with Crippen LogP contribution in [0.2, 0.25) is 0 Å². The smallest absolute Gasteiger partial charge is 0.257 e. The van der Waals surface area contributed by atoms with Crippen LogP contribution < -0.4 is 5.73 Å². The largest absolute Gasteiger partial charge is 0.505 e. The second-order valence-corrected chi connectivity index (χ2v) is 5.01. The number of carbonyl (C=O) groups excluding carboxylic acids is 1. The van der Waals surface area contributed by atoms with Crippen molar-refractivity contribution in [3.05, 3.63) is 23.8 Å². The summed E-state index contributed by atoms with van der Waals surface area (Å²) in [6.07, 6.45) is 0.921. The Morgan fingerprint density at radius 1 is 1.14 bits per heavy atom. The summed E-state index contributed by atoms with van der Waals surface area (Å²) in [5.74, 6) is -0.286. The Morgan fingerprint density at radius 2 is 1.81 bits per heavy atom. The monoisotopic (exact) mass is 293 g/mol. The van der Waals surface area contributed by atoms with Crippen molar-refractivity contribution in [2.24, 2.45) is 0 Å². The van der Waals surface area contributed by atoms with E-state index in [1.807, 2.05) is 6.92 Å². The summed E-state index contributed by atoms with van der Waals surface area (Å²) in [4.78, 5) is 16.5. The van der Waals surface area contributed by atoms with Crippen molar-refractivity contribution in [3.63, 3.8) is 0 Å². The first-order valence-electron chi connectivity index (χ1n) is 7.64. The van der Waals surface area contributed by atoms with Gasteiger partial charge in [-0.15, -0.1) is 0 Å². The van der Waals surface area contributed by atoms with Gasteiger partial charge in [0.15, 0.2) is 5.75 Å². The molecule has 0 saturated heterocycles. The molecule has 0 fully saturated rings. The SMILES string of the molecule is CCN(CC)CCCN(CC)C(=O)c1cccc(N)c1O. The molecule has 0 unspecified atom stereocenters. The van der Waals surface area contributed by atoms with Gasteiger partial charge >= 0.3 is 0 Å². The first-order valence-corrected chi connectivity index (χ1v) is 7.64. The Labute approximate surface area is 127 Å². The quantitative estimate of drug-likeness (QED) is 0.569. The standard InChI is InChI=1S/C16H27N3O2/c1-4-18(5-2)11-8-12-19(6-3)16(21)13-9-7-10-14(17)15(13)20/h7,9-10,20H,4-6,8,11-12,17H2,1-3H3. The van der Waals surface area contributed by atoms with Crippen molar-refractivity contribution in [1.82, 2.24) is 9.80 Å². The molecule has 3 N–H and O–H groups in total. The van der Waals surface area contributed by atoms with E-state index in [9.17, 15) is 9.90 Å². The van der Waals surface area contributed by atoms with Gasteiger partial charge in [0.2, 0.25) is 0 Å². The van der Waals surface area contributed by atoms with Crippen LogP contribution in [0.3, 0.4) is 0 Å². The Morgan fingerprint density at radius 3 is 2.38 bits per heavy atom. The van der Waals surface area contributed by atoms with E-state index in [1.165, 1.54) is 0 Å². The van der Waals surface area contributed by atoms with Gasteiger partial charge < -0.3 is 20.6 Å². The van der Waals surface area contributed by atoms with Crippen LogP contribution >= 0.6 is 0 Å². The molecular weight excluding hydrogens is 266 g/mol. The van der Waals surface area contributed by atoms with Crippen molar-refractivity contribution in [1.29, 1.82) is 0 Å². The minimum atomic E-state index is -0.165. The predicted octanol–water partition coefficient (Wildman–Crippen LogP) is 2.17. The van der Waals surface area contributed by atoms with Crippen LogP contribution in [0.25, 0.3) is 0 Å². The Kier molecular flexibility index (Phi) is 7.02. The molecule has 0 aliphatic rings. The lowest BCUT2D eigenvalue weighted by molar-refractivity contribution is 0.0754. The fraction of sp³-hybridized carbons (Fsp3) is 0.562. The van der Waals surface area contributed by atoms with E-state index < -0.39 is 0 Å². The third kappa shape index (κ3) is 4.63. The molecule has 0 heterocycles. The van der Waals surface area contributed by atoms with E-state index in [-0.39, 0.29) is 22.9 Å². The molecule has 0 spiro atoms. The lowest BCUT2D eigenvalue weighted by Gasteiger charge is -2.24. The molecule has 1 aromatic rings. The van der Waals surface area contributed by atoms with Crippen molar-refractivity contribution < 1.29 is 9.90 Å². The molecule has 118 valence electrons. The van der Waals surface area contributed by atoms with Crippen molar-refractivity contribution >= 4 is 11.6 Å². The maximum absolute atomic E-state index is 12.5. The number of hydrogen-bond donors (Lipinski definition) is 2. The van der Waals surface area contributed by atoms with Crippen molar-refractivity contribution in [2.45, 2.75) is 27.2 Å². The number of phenolic OH excluding ortho intramolecular Hbond substituents is 1. The van der Waals surface area contributed by atoms with Gasteiger partial charge in [-0.3, -0.25) is 4.79 Å². The number of hydrogen-bond acceptors (Lipinski definition) is 4. The summed E-state index contributed by atoms with van der Waals surface area (Å²) < 4.78 is 0. The zero-order chi connectivity index (χ0) is 15.8. The summed E-state index contributed by atoms with van der Waals surface area (Å²) in [6.45, 7) is 10.5. The zero-order valence-electron chi connectivity index (χ0n) is 13.3. The van der Waals surface area contributed by atoms with Crippen LogP contribution in [0.5, 0.6) is 5.75 Å². The molecule has 0 atom stereocenters. The van der Waals surface area contributed by atoms with Gasteiger partial charge in [0.1, 0.15) is 0 Å². The molecule has 0 bridgehead atoms. The number of nitrogen functional groups attached to an aromatic ring is 1. The molecule has 5 nitrogen and oxygen atoms in total. The fourth-order valence-electron chi connectivity index (χ4n) is 2.33. The highest BCUT2D eigenvalue weighted by atomic mass is 16.3. The van der Waals surface area contributed by atoms with E-state index in [2.05, 4.69) is 18.7 Å². The Balaban J connectivity index is 2.67. The summed E-state index contributed by atoms with van der Waals surface area (Å²) in [5.41, 5.74) is 6.16. The third-order valence-electron chi connectivity index (χ3n) is 3.76. The van der Waals surface area contributed by atoms with Crippen LogP contribution in [0.4, 0.5) is 5.69 Å². The molecule has 0 radical (unpaired) electrons. The highest BCUT2D eigenvalue weighted by Gasteiger charge is 2.18. The third-order valence-corrected chi connectivity index (χ3v) is 3.76. The van der Waals surface area contributed by atoms with E-state index >= 15 is 0 Å². The molecule has 1 rings (SSSR count). The molecule has 5 heteroatoms. The maximum atomic E-state index is 12.5. The van der Waals surface area contributed by atoms with Gasteiger partial charge in [-0.05, 0) is 45.1 Å². The molecule has 0 aromatic heterocycles. The van der Waals surface area contributed by atoms with Crippen LogP contribution in [-0.4, -0.2) is 53.5 Å². The number of nitrogens with zero attached hydrogens (tertiary/aromatic N) is 2. The number of para-hydroxylation sites is 1. The Bertz CT molecular complexity index is 459. The number of carbonyl (C=O) groups is 1. The molecule has 1 aromatic carbocycles. The maximum Gasteiger partial charge on any atom is 0.257 e. The molecular formula is C16H27N3O2. The summed E-state index contributed by atoms with van der Waals surface area (Å²) in [5, 5.41) is 9.92. The fourth-order valence-corrected chi connectivity index (χ4v) is 2.33. The first-order chi connectivity index (χ1) is 10.0. The number of amides is 1. The normalized spacial score (nSPS) is 10.9. The van der Waals surface area contributed by atoms with Gasteiger partial charge in [-0.1, -0.05) is 19.9 Å². The van der Waals surface area contributed by atoms with E-state index in [4.69, 9.17) is 5.73 Å². The number of nitrogens with two attached hydrogens (primary N) is 1. The lowest BCUT2D eigenvalue weighted by Crippen LogP contribution is -2.34. The average molecular weight is 293 g/mol. The highest BCUT2D eigenvalue weighted by Crippen LogP contribution is 2.25. The van der Waals surface area contributed by atoms with Crippen molar-refractivity contribution in [2.75, 3.05) is 38.5 Å². The molecule has 0 aliphatic carbocycles. The van der Waals surface area contributed by atoms with Crippen LogP contribution in [0.15, 0.2) is 18.2 Å². The number of phenols is 1. The summed E-state index contributed by atoms with van der Waals surface area (Å²) in [7, 11) is 0. The molecule has 0 saturated carbocycles. The molecule has 21 heavy (non-hydrogen) atoms. The molecule has 0 aliphatic heterocycles.